The predicted octanol–water partition coefficient (Wildman–Crippen LogP) is 1.06. The van der Waals surface area contributed by atoms with Crippen LogP contribution in [0.4, 0.5) is 11.4 Å². The van der Waals surface area contributed by atoms with E-state index in [1.54, 1.807) is 30.3 Å². The summed E-state index contributed by atoms with van der Waals surface area (Å²) in [5, 5.41) is 8.88. The van der Waals surface area contributed by atoms with Crippen molar-refractivity contribution in [3.63, 3.8) is 0 Å². The fourth-order valence-electron chi connectivity index (χ4n) is 1.81. The topological polar surface area (TPSA) is 112 Å². The van der Waals surface area contributed by atoms with Gasteiger partial charge in [0, 0.05) is 13.2 Å². The first kappa shape index (κ1) is 14.8. The molecule has 0 saturated carbocycles. The standard InChI is InChI=1S/C13H13N5O2S/c1-18(12-7-3-2-5-10(12)9-14)21(19,20)13-11(17-15)6-4-8-16-13/h2-8,17H,15H2,1H3. The molecule has 1 aromatic heterocycles. The molecule has 0 radical (unpaired) electrons. The van der Waals surface area contributed by atoms with Crippen LogP contribution in [0.1, 0.15) is 5.56 Å². The normalized spacial score (nSPS) is 10.7. The number of para-hydroxylation sites is 1. The van der Waals surface area contributed by atoms with E-state index in [2.05, 4.69) is 10.4 Å². The quantitative estimate of drug-likeness (QED) is 0.645. The van der Waals surface area contributed by atoms with E-state index < -0.39 is 10.0 Å². The summed E-state index contributed by atoms with van der Waals surface area (Å²) >= 11 is 0. The Balaban J connectivity index is 2.56. The summed E-state index contributed by atoms with van der Waals surface area (Å²) < 4.78 is 26.3. The molecule has 3 N–H and O–H groups in total. The lowest BCUT2D eigenvalue weighted by Crippen LogP contribution is -2.29. The van der Waals surface area contributed by atoms with Gasteiger partial charge in [-0.3, -0.25) is 10.1 Å². The third-order valence-corrected chi connectivity index (χ3v) is 4.63. The molecular formula is C13H13N5O2S. The molecule has 0 amide bonds. The van der Waals surface area contributed by atoms with Crippen LogP contribution in [0.5, 0.6) is 0 Å². The van der Waals surface area contributed by atoms with Crippen LogP contribution in [0.2, 0.25) is 0 Å². The highest BCUT2D eigenvalue weighted by Gasteiger charge is 2.27. The van der Waals surface area contributed by atoms with E-state index >= 15 is 0 Å². The molecule has 0 aliphatic rings. The molecular weight excluding hydrogens is 290 g/mol. The van der Waals surface area contributed by atoms with Gasteiger partial charge in [0.15, 0.2) is 0 Å². The Bertz CT molecular complexity index is 798. The van der Waals surface area contributed by atoms with Crippen LogP contribution in [0.25, 0.3) is 0 Å². The number of nitrogens with two attached hydrogens (primary N) is 1. The molecule has 0 atom stereocenters. The van der Waals surface area contributed by atoms with Gasteiger partial charge in [-0.1, -0.05) is 12.1 Å². The maximum Gasteiger partial charge on any atom is 0.283 e. The van der Waals surface area contributed by atoms with Gasteiger partial charge in [0.25, 0.3) is 10.0 Å². The molecule has 7 nitrogen and oxygen atoms in total. The molecule has 8 heteroatoms. The first-order valence-corrected chi connectivity index (χ1v) is 7.36. The van der Waals surface area contributed by atoms with Gasteiger partial charge < -0.3 is 5.43 Å². The summed E-state index contributed by atoms with van der Waals surface area (Å²) in [4.78, 5) is 3.87. The molecule has 1 heterocycles. The van der Waals surface area contributed by atoms with E-state index in [0.717, 1.165) is 4.31 Å². The number of hydrogen-bond donors (Lipinski definition) is 2. The maximum absolute atomic E-state index is 12.6. The third kappa shape index (κ3) is 2.65. The number of hydrogen-bond acceptors (Lipinski definition) is 6. The van der Waals surface area contributed by atoms with Gasteiger partial charge in [0.05, 0.1) is 16.9 Å². The molecule has 1 aromatic carbocycles. The number of pyridine rings is 1. The third-order valence-electron chi connectivity index (χ3n) is 2.90. The monoisotopic (exact) mass is 303 g/mol. The fraction of sp³-hybridized carbons (Fsp3) is 0.0769. The van der Waals surface area contributed by atoms with Gasteiger partial charge in [-0.25, -0.2) is 4.98 Å². The highest BCUT2D eigenvalue weighted by Crippen LogP contribution is 2.27. The molecule has 2 aromatic rings. The maximum atomic E-state index is 12.6. The Kier molecular flexibility index (Phi) is 4.07. The highest BCUT2D eigenvalue weighted by atomic mass is 32.2. The number of nitrogens with one attached hydrogen (secondary N) is 1. The largest absolute Gasteiger partial charge is 0.321 e. The van der Waals surface area contributed by atoms with E-state index in [0.29, 0.717) is 0 Å². The van der Waals surface area contributed by atoms with E-state index in [9.17, 15) is 8.42 Å². The summed E-state index contributed by atoms with van der Waals surface area (Å²) in [5.74, 6) is 5.32. The van der Waals surface area contributed by atoms with Gasteiger partial charge in [0.2, 0.25) is 5.03 Å². The minimum Gasteiger partial charge on any atom is -0.321 e. The average Bonchev–Trinajstić information content (AvgIpc) is 2.53. The lowest BCUT2D eigenvalue weighted by Gasteiger charge is -2.21. The van der Waals surface area contributed by atoms with Crippen molar-refractivity contribution in [2.75, 3.05) is 16.8 Å². The second kappa shape index (κ2) is 5.78. The zero-order valence-corrected chi connectivity index (χ0v) is 12.0. The van der Waals surface area contributed by atoms with Crippen LogP contribution in [0.15, 0.2) is 47.6 Å². The van der Waals surface area contributed by atoms with Crippen LogP contribution in [0, 0.1) is 11.3 Å². The van der Waals surface area contributed by atoms with Crippen LogP contribution in [-0.4, -0.2) is 20.4 Å². The number of nitrogens with zero attached hydrogens (tertiary/aromatic N) is 3. The van der Waals surface area contributed by atoms with Gasteiger partial charge in [0.1, 0.15) is 6.07 Å². The molecule has 0 bridgehead atoms. The Labute approximate surface area is 122 Å². The van der Waals surface area contributed by atoms with Gasteiger partial charge in [-0.2, -0.15) is 13.7 Å². The summed E-state index contributed by atoms with van der Waals surface area (Å²) in [5.41, 5.74) is 3.01. The van der Waals surface area contributed by atoms with Crippen molar-refractivity contribution < 1.29 is 8.42 Å². The fourth-order valence-corrected chi connectivity index (χ4v) is 3.08. The number of anilines is 2. The predicted molar refractivity (Wildman–Crippen MR) is 78.8 cm³/mol. The molecule has 21 heavy (non-hydrogen) atoms. The first-order valence-electron chi connectivity index (χ1n) is 5.92. The smallest absolute Gasteiger partial charge is 0.283 e. The number of benzene rings is 1. The number of aromatic nitrogens is 1. The Morgan fingerprint density at radius 3 is 2.67 bits per heavy atom. The van der Waals surface area contributed by atoms with Gasteiger partial charge in [-0.05, 0) is 24.3 Å². The number of hydrazine groups is 1. The van der Waals surface area contributed by atoms with Gasteiger partial charge >= 0.3 is 0 Å². The second-order valence-electron chi connectivity index (χ2n) is 4.10. The molecule has 108 valence electrons. The summed E-state index contributed by atoms with van der Waals surface area (Å²) in [7, 11) is -2.58. The molecule has 0 spiro atoms. The van der Waals surface area contributed by atoms with Crippen molar-refractivity contribution in [1.29, 1.82) is 5.26 Å². The molecule has 0 saturated heterocycles. The van der Waals surface area contributed by atoms with Crippen molar-refractivity contribution >= 4 is 21.4 Å². The van der Waals surface area contributed by atoms with Crippen molar-refractivity contribution in [2.45, 2.75) is 5.03 Å². The SMILES string of the molecule is CN(c1ccccc1C#N)S(=O)(=O)c1ncccc1NN. The zero-order valence-electron chi connectivity index (χ0n) is 11.2. The van der Waals surface area contributed by atoms with Crippen molar-refractivity contribution in [1.82, 2.24) is 4.98 Å². The van der Waals surface area contributed by atoms with E-state index in [1.807, 2.05) is 6.07 Å². The second-order valence-corrected chi connectivity index (χ2v) is 5.99. The Morgan fingerprint density at radius 2 is 2.00 bits per heavy atom. The summed E-state index contributed by atoms with van der Waals surface area (Å²) in [6, 6.07) is 11.4. The molecule has 2 rings (SSSR count). The van der Waals surface area contributed by atoms with Crippen molar-refractivity contribution in [3.8, 4) is 6.07 Å². The minimum atomic E-state index is -3.94. The lowest BCUT2D eigenvalue weighted by atomic mass is 10.2. The van der Waals surface area contributed by atoms with Crippen molar-refractivity contribution in [3.05, 3.63) is 48.2 Å². The van der Waals surface area contributed by atoms with Crippen molar-refractivity contribution in [2.24, 2.45) is 5.84 Å². The first-order chi connectivity index (χ1) is 10.0. The minimum absolute atomic E-state index is 0.179. The van der Waals surface area contributed by atoms with Crippen LogP contribution < -0.4 is 15.6 Å². The van der Waals surface area contributed by atoms with E-state index in [-0.39, 0.29) is 22.0 Å². The lowest BCUT2D eigenvalue weighted by molar-refractivity contribution is 0.591. The highest BCUT2D eigenvalue weighted by molar-refractivity contribution is 7.92. The molecule has 0 fully saturated rings. The summed E-state index contributed by atoms with van der Waals surface area (Å²) in [6.45, 7) is 0. The average molecular weight is 303 g/mol. The number of rotatable bonds is 4. The number of nitriles is 1. The van der Waals surface area contributed by atoms with Crippen LogP contribution in [-0.2, 0) is 10.0 Å². The number of sulfonamides is 1. The Morgan fingerprint density at radius 1 is 1.29 bits per heavy atom. The number of nitrogen functional groups attached to an aromatic ring is 1. The van der Waals surface area contributed by atoms with Gasteiger partial charge in [-0.15, -0.1) is 0 Å². The van der Waals surface area contributed by atoms with Crippen LogP contribution in [0.3, 0.4) is 0 Å². The summed E-state index contributed by atoms with van der Waals surface area (Å²) in [6.07, 6.45) is 1.36. The van der Waals surface area contributed by atoms with E-state index in [1.165, 1.54) is 19.3 Å². The zero-order chi connectivity index (χ0) is 15.5. The van der Waals surface area contributed by atoms with Crippen LogP contribution >= 0.6 is 0 Å². The molecule has 0 aliphatic carbocycles. The molecule has 0 aliphatic heterocycles. The van der Waals surface area contributed by atoms with E-state index in [4.69, 9.17) is 11.1 Å². The molecule has 0 unspecified atom stereocenters. The Hall–Kier alpha value is -2.63.